The van der Waals surface area contributed by atoms with Gasteiger partial charge >= 0.3 is 6.03 Å². The van der Waals surface area contributed by atoms with Crippen molar-refractivity contribution >= 4 is 35.2 Å². The summed E-state index contributed by atoms with van der Waals surface area (Å²) in [5, 5.41) is 12.9. The van der Waals surface area contributed by atoms with Crippen molar-refractivity contribution in [2.24, 2.45) is 0 Å². The lowest BCUT2D eigenvalue weighted by atomic mass is 10.3. The van der Waals surface area contributed by atoms with Gasteiger partial charge < -0.3 is 10.6 Å². The fourth-order valence-corrected chi connectivity index (χ4v) is 3.01. The summed E-state index contributed by atoms with van der Waals surface area (Å²) >= 11 is 3.33. The molecular weight excluding hydrogens is 318 g/mol. The Balaban J connectivity index is 1.65. The minimum Gasteiger partial charge on any atom is -0.337 e. The lowest BCUT2D eigenvalue weighted by molar-refractivity contribution is 0.252. The molecule has 0 bridgehead atoms. The molecule has 0 aliphatic heterocycles. The van der Waals surface area contributed by atoms with E-state index >= 15 is 0 Å². The van der Waals surface area contributed by atoms with Crippen molar-refractivity contribution in [3.63, 3.8) is 0 Å². The van der Waals surface area contributed by atoms with Crippen LogP contribution in [0.4, 0.5) is 10.5 Å². The highest BCUT2D eigenvalue weighted by Crippen LogP contribution is 2.20. The Hall–Kier alpha value is -1.67. The number of aromatic nitrogens is 3. The molecule has 1 aromatic carbocycles. The predicted octanol–water partition coefficient (Wildman–Crippen LogP) is 3.22. The highest BCUT2D eigenvalue weighted by molar-refractivity contribution is 7.99. The molecule has 6 nitrogen and oxygen atoms in total. The molecule has 2 amide bonds. The van der Waals surface area contributed by atoms with Crippen LogP contribution in [0.5, 0.6) is 0 Å². The second-order valence-electron chi connectivity index (χ2n) is 4.39. The first-order chi connectivity index (χ1) is 10.8. The average molecular weight is 337 g/mol. The van der Waals surface area contributed by atoms with Gasteiger partial charge in [-0.3, -0.25) is 5.10 Å². The van der Waals surface area contributed by atoms with Crippen LogP contribution in [0.15, 0.2) is 40.6 Å². The average Bonchev–Trinajstić information content (AvgIpc) is 3.04. The van der Waals surface area contributed by atoms with Crippen LogP contribution in [0, 0.1) is 0 Å². The van der Waals surface area contributed by atoms with Crippen molar-refractivity contribution in [2.75, 3.05) is 23.4 Å². The number of carbonyl (C=O) groups is 1. The quantitative estimate of drug-likeness (QED) is 0.509. The maximum Gasteiger partial charge on any atom is 0.319 e. The van der Waals surface area contributed by atoms with Crippen LogP contribution in [-0.4, -0.2) is 39.3 Å². The SMILES string of the molecule is CCCSc1ccc(NC(=O)NCCSc2ncn[nH]2)cc1. The van der Waals surface area contributed by atoms with Crippen molar-refractivity contribution in [1.82, 2.24) is 20.5 Å². The number of rotatable bonds is 8. The van der Waals surface area contributed by atoms with Gasteiger partial charge in [-0.25, -0.2) is 9.78 Å². The molecule has 0 radical (unpaired) electrons. The third-order valence-electron chi connectivity index (χ3n) is 2.60. The van der Waals surface area contributed by atoms with Crippen molar-refractivity contribution in [1.29, 1.82) is 0 Å². The zero-order valence-corrected chi connectivity index (χ0v) is 14.0. The molecule has 0 fully saturated rings. The van der Waals surface area contributed by atoms with Gasteiger partial charge in [0.2, 0.25) is 0 Å². The van der Waals surface area contributed by atoms with Gasteiger partial charge in [0, 0.05) is 22.9 Å². The second-order valence-corrected chi connectivity index (χ2v) is 6.64. The number of hydrogen-bond acceptors (Lipinski definition) is 5. The number of aromatic amines is 1. The summed E-state index contributed by atoms with van der Waals surface area (Å²) < 4.78 is 0. The molecule has 1 aromatic heterocycles. The van der Waals surface area contributed by atoms with Crippen molar-refractivity contribution in [3.8, 4) is 0 Å². The third-order valence-corrected chi connectivity index (χ3v) is 4.70. The zero-order valence-electron chi connectivity index (χ0n) is 12.3. The Bertz CT molecular complexity index is 559. The number of benzene rings is 1. The largest absolute Gasteiger partial charge is 0.337 e. The molecule has 3 N–H and O–H groups in total. The molecule has 0 unspecified atom stereocenters. The smallest absolute Gasteiger partial charge is 0.319 e. The van der Waals surface area contributed by atoms with Crippen LogP contribution in [0.2, 0.25) is 0 Å². The summed E-state index contributed by atoms with van der Waals surface area (Å²) in [7, 11) is 0. The van der Waals surface area contributed by atoms with E-state index in [1.807, 2.05) is 36.0 Å². The summed E-state index contributed by atoms with van der Waals surface area (Å²) in [5.41, 5.74) is 0.793. The first-order valence-corrected chi connectivity index (χ1v) is 9.01. The monoisotopic (exact) mass is 337 g/mol. The number of anilines is 1. The summed E-state index contributed by atoms with van der Waals surface area (Å²) in [6.07, 6.45) is 2.62. The molecule has 0 aliphatic carbocycles. The molecule has 0 saturated heterocycles. The van der Waals surface area contributed by atoms with Crippen LogP contribution in [-0.2, 0) is 0 Å². The molecule has 0 spiro atoms. The molecule has 0 saturated carbocycles. The van der Waals surface area contributed by atoms with E-state index in [1.54, 1.807) is 0 Å². The Morgan fingerprint density at radius 1 is 1.23 bits per heavy atom. The number of thioether (sulfide) groups is 2. The van der Waals surface area contributed by atoms with E-state index in [4.69, 9.17) is 0 Å². The Morgan fingerprint density at radius 2 is 2.05 bits per heavy atom. The highest BCUT2D eigenvalue weighted by atomic mass is 32.2. The normalized spacial score (nSPS) is 10.4. The Kier molecular flexibility index (Phi) is 7.11. The number of H-pyrrole nitrogens is 1. The third kappa shape index (κ3) is 5.98. The molecule has 118 valence electrons. The van der Waals surface area contributed by atoms with Crippen LogP contribution in [0.1, 0.15) is 13.3 Å². The van der Waals surface area contributed by atoms with Gasteiger partial charge in [-0.05, 0) is 36.4 Å². The number of nitrogens with zero attached hydrogens (tertiary/aromatic N) is 2. The minimum absolute atomic E-state index is 0.202. The first-order valence-electron chi connectivity index (χ1n) is 7.04. The number of urea groups is 1. The Morgan fingerprint density at radius 3 is 2.73 bits per heavy atom. The zero-order chi connectivity index (χ0) is 15.6. The molecule has 2 aromatic rings. The topological polar surface area (TPSA) is 82.7 Å². The summed E-state index contributed by atoms with van der Waals surface area (Å²) in [6.45, 7) is 2.72. The second kappa shape index (κ2) is 9.37. The molecule has 0 atom stereocenters. The van der Waals surface area contributed by atoms with E-state index in [0.717, 1.165) is 28.8 Å². The maximum atomic E-state index is 11.8. The van der Waals surface area contributed by atoms with Crippen molar-refractivity contribution < 1.29 is 4.79 Å². The van der Waals surface area contributed by atoms with E-state index in [1.165, 1.54) is 23.0 Å². The van der Waals surface area contributed by atoms with Gasteiger partial charge in [0.1, 0.15) is 6.33 Å². The van der Waals surface area contributed by atoms with Crippen molar-refractivity contribution in [2.45, 2.75) is 23.4 Å². The number of amides is 2. The molecule has 0 aliphatic rings. The lowest BCUT2D eigenvalue weighted by Gasteiger charge is -2.08. The van der Waals surface area contributed by atoms with E-state index < -0.39 is 0 Å². The molecule has 22 heavy (non-hydrogen) atoms. The van der Waals surface area contributed by atoms with E-state index in [-0.39, 0.29) is 6.03 Å². The molecule has 8 heteroatoms. The fourth-order valence-electron chi connectivity index (χ4n) is 1.61. The lowest BCUT2D eigenvalue weighted by Crippen LogP contribution is -2.30. The van der Waals surface area contributed by atoms with Crippen LogP contribution in [0.25, 0.3) is 0 Å². The Labute approximate surface area is 138 Å². The fraction of sp³-hybridized carbons (Fsp3) is 0.357. The van der Waals surface area contributed by atoms with E-state index in [2.05, 4.69) is 32.7 Å². The molecule has 2 rings (SSSR count). The number of carbonyl (C=O) groups excluding carboxylic acids is 1. The van der Waals surface area contributed by atoms with Crippen LogP contribution >= 0.6 is 23.5 Å². The molecular formula is C14H19N5OS2. The highest BCUT2D eigenvalue weighted by Gasteiger charge is 2.02. The molecule has 1 heterocycles. The van der Waals surface area contributed by atoms with Crippen LogP contribution < -0.4 is 10.6 Å². The summed E-state index contributed by atoms with van der Waals surface area (Å²) in [4.78, 5) is 17.0. The van der Waals surface area contributed by atoms with Crippen LogP contribution in [0.3, 0.4) is 0 Å². The van der Waals surface area contributed by atoms with Gasteiger partial charge in [-0.1, -0.05) is 18.7 Å². The minimum atomic E-state index is -0.202. The van der Waals surface area contributed by atoms with Gasteiger partial charge in [-0.2, -0.15) is 5.10 Å². The maximum absolute atomic E-state index is 11.8. The number of hydrogen-bond donors (Lipinski definition) is 3. The number of nitrogens with one attached hydrogen (secondary N) is 3. The summed E-state index contributed by atoms with van der Waals surface area (Å²) in [6, 6.07) is 7.68. The summed E-state index contributed by atoms with van der Waals surface area (Å²) in [5.74, 6) is 1.84. The standard InChI is InChI=1S/C14H19N5OS2/c1-2-8-21-12-5-3-11(4-6-12)18-13(20)15-7-9-22-14-16-10-17-19-14/h3-6,10H,2,7-9H2,1H3,(H2,15,18,20)(H,16,17,19). The van der Waals surface area contributed by atoms with Crippen molar-refractivity contribution in [3.05, 3.63) is 30.6 Å². The predicted molar refractivity (Wildman–Crippen MR) is 91.6 cm³/mol. The van der Waals surface area contributed by atoms with Gasteiger partial charge in [-0.15, -0.1) is 11.8 Å². The van der Waals surface area contributed by atoms with E-state index in [9.17, 15) is 4.79 Å². The van der Waals surface area contributed by atoms with Gasteiger partial charge in [0.05, 0.1) is 0 Å². The van der Waals surface area contributed by atoms with Gasteiger partial charge in [0.25, 0.3) is 0 Å². The first kappa shape index (κ1) is 16.7. The van der Waals surface area contributed by atoms with Gasteiger partial charge in [0.15, 0.2) is 5.16 Å². The van der Waals surface area contributed by atoms with E-state index in [0.29, 0.717) is 6.54 Å².